The van der Waals surface area contributed by atoms with Crippen LogP contribution in [0.1, 0.15) is 56.1 Å². The lowest BCUT2D eigenvalue weighted by molar-refractivity contribution is 0.105. The van der Waals surface area contributed by atoms with Crippen LogP contribution in [0.5, 0.6) is 0 Å². The van der Waals surface area contributed by atoms with Crippen LogP contribution in [0.15, 0.2) is 15.5 Å². The Kier molecular flexibility index (Phi) is 9.86. The Labute approximate surface area is 169 Å². The molecular weight excluding hydrogens is 429 g/mol. The summed E-state index contributed by atoms with van der Waals surface area (Å²) in [5.41, 5.74) is 1.54. The number of guanidine groups is 1. The molecule has 1 fully saturated rings. The molecule has 0 radical (unpaired) electrons. The largest absolute Gasteiger partial charge is 0.466 e. The Morgan fingerprint density at radius 3 is 2.56 bits per heavy atom. The lowest BCUT2D eigenvalue weighted by Crippen LogP contribution is -2.43. The second-order valence-corrected chi connectivity index (χ2v) is 6.87. The highest BCUT2D eigenvalue weighted by Crippen LogP contribution is 2.40. The molecule has 0 bridgehead atoms. The van der Waals surface area contributed by atoms with Gasteiger partial charge < -0.3 is 19.8 Å². The summed E-state index contributed by atoms with van der Waals surface area (Å²) in [5, 5.41) is 6.92. The van der Waals surface area contributed by atoms with Crippen molar-refractivity contribution in [2.75, 3.05) is 26.8 Å². The number of halogens is 1. The van der Waals surface area contributed by atoms with E-state index in [-0.39, 0.29) is 24.0 Å². The molecule has 144 valence electrons. The van der Waals surface area contributed by atoms with Crippen molar-refractivity contribution in [3.63, 3.8) is 0 Å². The number of ether oxygens (including phenoxy) is 1. The highest BCUT2D eigenvalue weighted by Gasteiger charge is 2.33. The van der Waals surface area contributed by atoms with Crippen LogP contribution in [0.2, 0.25) is 0 Å². The molecule has 0 atom stereocenters. The van der Waals surface area contributed by atoms with E-state index in [9.17, 15) is 0 Å². The summed E-state index contributed by atoms with van der Waals surface area (Å²) in [6.07, 6.45) is 6.35. The topological polar surface area (TPSA) is 58.8 Å². The van der Waals surface area contributed by atoms with E-state index in [1.165, 1.54) is 31.2 Å². The monoisotopic (exact) mass is 463 g/mol. The highest BCUT2D eigenvalue weighted by atomic mass is 127. The van der Waals surface area contributed by atoms with Crippen molar-refractivity contribution in [1.29, 1.82) is 0 Å². The number of rotatable bonds is 8. The van der Waals surface area contributed by atoms with Crippen molar-refractivity contribution in [2.45, 2.75) is 59.4 Å². The summed E-state index contributed by atoms with van der Waals surface area (Å²) in [6.45, 7) is 9.39. The molecule has 0 aliphatic heterocycles. The van der Waals surface area contributed by atoms with E-state index in [0.717, 1.165) is 50.2 Å². The molecule has 1 aliphatic carbocycles. The van der Waals surface area contributed by atoms with Crippen LogP contribution >= 0.6 is 24.0 Å². The third-order valence-corrected chi connectivity index (χ3v) is 5.09. The molecule has 0 saturated heterocycles. The first-order chi connectivity index (χ1) is 11.6. The minimum absolute atomic E-state index is 0. The molecule has 0 unspecified atom stereocenters. The van der Waals surface area contributed by atoms with Gasteiger partial charge in [0.25, 0.3) is 0 Å². The van der Waals surface area contributed by atoms with Crippen LogP contribution < -0.4 is 10.6 Å². The first-order valence-corrected chi connectivity index (χ1v) is 9.17. The quantitative estimate of drug-likeness (QED) is 0.263. The van der Waals surface area contributed by atoms with Crippen molar-refractivity contribution in [2.24, 2.45) is 10.4 Å². The average Bonchev–Trinajstić information content (AvgIpc) is 3.15. The van der Waals surface area contributed by atoms with Crippen molar-refractivity contribution >= 4 is 29.9 Å². The zero-order valence-electron chi connectivity index (χ0n) is 16.1. The fourth-order valence-electron chi connectivity index (χ4n) is 3.60. The second kappa shape index (κ2) is 11.1. The van der Waals surface area contributed by atoms with Gasteiger partial charge in [-0.25, -0.2) is 0 Å². The molecule has 6 heteroatoms. The number of nitrogens with zero attached hydrogens (tertiary/aromatic N) is 1. The van der Waals surface area contributed by atoms with Crippen molar-refractivity contribution < 1.29 is 9.15 Å². The van der Waals surface area contributed by atoms with Crippen molar-refractivity contribution in [3.8, 4) is 0 Å². The van der Waals surface area contributed by atoms with E-state index < -0.39 is 0 Å². The van der Waals surface area contributed by atoms with Gasteiger partial charge in [-0.3, -0.25) is 4.99 Å². The standard InChI is InChI=1S/C19H33N3O2.HI/c1-5-23-11-10-19(8-6-7-9-19)14-22-18(20-4)21-13-17-12-15(2)24-16(17)3;/h12H,5-11,13-14H2,1-4H3,(H2,20,21,22);1H. The summed E-state index contributed by atoms with van der Waals surface area (Å²) in [7, 11) is 1.82. The summed E-state index contributed by atoms with van der Waals surface area (Å²) < 4.78 is 11.2. The number of hydrogen-bond acceptors (Lipinski definition) is 3. The normalized spacial score (nSPS) is 16.6. The van der Waals surface area contributed by atoms with E-state index in [0.29, 0.717) is 5.41 Å². The van der Waals surface area contributed by atoms with Gasteiger partial charge in [0.15, 0.2) is 5.96 Å². The van der Waals surface area contributed by atoms with Crippen LogP contribution in [0.25, 0.3) is 0 Å². The van der Waals surface area contributed by atoms with E-state index in [1.54, 1.807) is 0 Å². The van der Waals surface area contributed by atoms with Crippen molar-refractivity contribution in [1.82, 2.24) is 10.6 Å². The number of nitrogens with one attached hydrogen (secondary N) is 2. The molecular formula is C19H34IN3O2. The van der Waals surface area contributed by atoms with Crippen LogP contribution in [0, 0.1) is 19.3 Å². The maximum atomic E-state index is 5.59. The summed E-state index contributed by atoms with van der Waals surface area (Å²) >= 11 is 0. The molecule has 0 spiro atoms. The van der Waals surface area contributed by atoms with Crippen LogP contribution in [0.4, 0.5) is 0 Å². The first-order valence-electron chi connectivity index (χ1n) is 9.17. The fraction of sp³-hybridized carbons (Fsp3) is 0.737. The Bertz CT molecular complexity index is 537. The highest BCUT2D eigenvalue weighted by molar-refractivity contribution is 14.0. The third-order valence-electron chi connectivity index (χ3n) is 5.09. The molecule has 0 amide bonds. The molecule has 1 aromatic heterocycles. The predicted molar refractivity (Wildman–Crippen MR) is 114 cm³/mol. The minimum Gasteiger partial charge on any atom is -0.466 e. The smallest absolute Gasteiger partial charge is 0.191 e. The van der Waals surface area contributed by atoms with Gasteiger partial charge >= 0.3 is 0 Å². The van der Waals surface area contributed by atoms with Crippen LogP contribution in [0.3, 0.4) is 0 Å². The fourth-order valence-corrected chi connectivity index (χ4v) is 3.60. The molecule has 0 aromatic carbocycles. The maximum Gasteiger partial charge on any atom is 0.191 e. The first kappa shape index (κ1) is 22.3. The minimum atomic E-state index is 0. The molecule has 25 heavy (non-hydrogen) atoms. The van der Waals surface area contributed by atoms with Gasteiger partial charge in [0.2, 0.25) is 0 Å². The van der Waals surface area contributed by atoms with Crippen LogP contribution in [-0.4, -0.2) is 32.8 Å². The Hall–Kier alpha value is -0.760. The predicted octanol–water partition coefficient (Wildman–Crippen LogP) is 4.17. The van der Waals surface area contributed by atoms with Gasteiger partial charge in [0, 0.05) is 38.9 Å². The maximum absolute atomic E-state index is 5.59. The molecule has 2 N–H and O–H groups in total. The molecule has 1 heterocycles. The molecule has 1 saturated carbocycles. The molecule has 1 aromatic rings. The van der Waals surface area contributed by atoms with Crippen molar-refractivity contribution in [3.05, 3.63) is 23.2 Å². The Morgan fingerprint density at radius 2 is 2.00 bits per heavy atom. The SMILES string of the molecule is CCOCCC1(CNC(=NC)NCc2cc(C)oc2C)CCCC1.I. The summed E-state index contributed by atoms with van der Waals surface area (Å²) in [6, 6.07) is 2.08. The van der Waals surface area contributed by atoms with E-state index >= 15 is 0 Å². The van der Waals surface area contributed by atoms with Gasteiger partial charge in [-0.15, -0.1) is 24.0 Å². The lowest BCUT2D eigenvalue weighted by Gasteiger charge is -2.30. The zero-order chi connectivity index (χ0) is 17.4. The van der Waals surface area contributed by atoms with Gasteiger partial charge in [-0.1, -0.05) is 12.8 Å². The number of aliphatic imine (C=N–C) groups is 1. The molecule has 5 nitrogen and oxygen atoms in total. The molecule has 2 rings (SSSR count). The lowest BCUT2D eigenvalue weighted by atomic mass is 9.83. The molecule has 1 aliphatic rings. The summed E-state index contributed by atoms with van der Waals surface area (Å²) in [4.78, 5) is 4.36. The zero-order valence-corrected chi connectivity index (χ0v) is 18.4. The van der Waals surface area contributed by atoms with Gasteiger partial charge in [-0.05, 0) is 51.5 Å². The Morgan fingerprint density at radius 1 is 1.28 bits per heavy atom. The van der Waals surface area contributed by atoms with E-state index in [4.69, 9.17) is 9.15 Å². The number of hydrogen-bond donors (Lipinski definition) is 2. The third kappa shape index (κ3) is 6.81. The second-order valence-electron chi connectivity index (χ2n) is 6.87. The number of aryl methyl sites for hydroxylation is 2. The van der Waals surface area contributed by atoms with E-state index in [1.807, 2.05) is 20.9 Å². The van der Waals surface area contributed by atoms with Gasteiger partial charge in [-0.2, -0.15) is 0 Å². The summed E-state index contributed by atoms with van der Waals surface area (Å²) in [5.74, 6) is 2.78. The Balaban J connectivity index is 0.00000312. The van der Waals surface area contributed by atoms with Gasteiger partial charge in [0.05, 0.1) is 0 Å². The average molecular weight is 463 g/mol. The van der Waals surface area contributed by atoms with Crippen LogP contribution in [-0.2, 0) is 11.3 Å². The van der Waals surface area contributed by atoms with Gasteiger partial charge in [0.1, 0.15) is 11.5 Å². The van der Waals surface area contributed by atoms with E-state index in [2.05, 4.69) is 28.6 Å². The number of furan rings is 1.